The number of unbranched alkanes of at least 4 members (excludes halogenated alkanes) is 3. The van der Waals surface area contributed by atoms with Crippen LogP contribution in [0.2, 0.25) is 0 Å². The standard InChI is InChI=1S/C17H25NO4/c1-3-4-5-9-12-15(16(19)21-2)18-17(20)22-13-14-10-7-6-8-11-14/h6-8,10-11,15H,3-5,9,12-13H2,1-2H3,(H,18,20)/t15-/m0/s1. The summed E-state index contributed by atoms with van der Waals surface area (Å²) in [5.41, 5.74) is 0.898. The Kier molecular flexibility index (Phi) is 8.72. The molecule has 1 aromatic carbocycles. The number of esters is 1. The summed E-state index contributed by atoms with van der Waals surface area (Å²) in [7, 11) is 1.32. The lowest BCUT2D eigenvalue weighted by atomic mass is 10.1. The minimum Gasteiger partial charge on any atom is -0.467 e. The first kappa shape index (κ1) is 18.0. The van der Waals surface area contributed by atoms with Crippen molar-refractivity contribution in [3.63, 3.8) is 0 Å². The number of hydrogen-bond donors (Lipinski definition) is 1. The molecule has 0 spiro atoms. The molecule has 0 saturated carbocycles. The van der Waals surface area contributed by atoms with Crippen LogP contribution in [0.15, 0.2) is 30.3 Å². The largest absolute Gasteiger partial charge is 0.467 e. The minimum atomic E-state index is -0.648. The van der Waals surface area contributed by atoms with Gasteiger partial charge in [0.05, 0.1) is 7.11 Å². The number of methoxy groups -OCH3 is 1. The number of benzene rings is 1. The number of carbonyl (C=O) groups is 2. The minimum absolute atomic E-state index is 0.177. The van der Waals surface area contributed by atoms with Crippen LogP contribution >= 0.6 is 0 Å². The van der Waals surface area contributed by atoms with Gasteiger partial charge in [-0.3, -0.25) is 0 Å². The highest BCUT2D eigenvalue weighted by molar-refractivity contribution is 5.81. The molecule has 0 aromatic heterocycles. The van der Waals surface area contributed by atoms with Gasteiger partial charge >= 0.3 is 12.1 Å². The maximum Gasteiger partial charge on any atom is 0.408 e. The predicted octanol–water partition coefficient (Wildman–Crippen LogP) is 3.42. The molecule has 0 aliphatic heterocycles. The molecule has 1 rings (SSSR count). The quantitative estimate of drug-likeness (QED) is 0.561. The zero-order chi connectivity index (χ0) is 16.2. The first-order valence-electron chi connectivity index (χ1n) is 7.72. The number of alkyl carbamates (subject to hydrolysis) is 1. The van der Waals surface area contributed by atoms with E-state index < -0.39 is 18.1 Å². The molecule has 1 amide bonds. The van der Waals surface area contributed by atoms with Crippen molar-refractivity contribution in [3.05, 3.63) is 35.9 Å². The van der Waals surface area contributed by atoms with E-state index in [1.165, 1.54) is 7.11 Å². The van der Waals surface area contributed by atoms with Crippen molar-refractivity contribution in [2.45, 2.75) is 51.7 Å². The van der Waals surface area contributed by atoms with Gasteiger partial charge in [0.25, 0.3) is 0 Å². The van der Waals surface area contributed by atoms with Crippen molar-refractivity contribution in [1.29, 1.82) is 0 Å². The lowest BCUT2D eigenvalue weighted by molar-refractivity contribution is -0.143. The zero-order valence-corrected chi connectivity index (χ0v) is 13.3. The molecule has 1 aromatic rings. The van der Waals surface area contributed by atoms with Crippen molar-refractivity contribution in [2.75, 3.05) is 7.11 Å². The predicted molar refractivity (Wildman–Crippen MR) is 84.3 cm³/mol. The summed E-state index contributed by atoms with van der Waals surface area (Å²) in [6.07, 6.45) is 4.10. The number of nitrogens with one attached hydrogen (secondary N) is 1. The molecule has 0 saturated heterocycles. The average molecular weight is 307 g/mol. The highest BCUT2D eigenvalue weighted by Crippen LogP contribution is 2.08. The van der Waals surface area contributed by atoms with E-state index in [4.69, 9.17) is 9.47 Å². The van der Waals surface area contributed by atoms with Crippen LogP contribution in [0.4, 0.5) is 4.79 Å². The smallest absolute Gasteiger partial charge is 0.408 e. The average Bonchev–Trinajstić information content (AvgIpc) is 2.56. The van der Waals surface area contributed by atoms with E-state index >= 15 is 0 Å². The lowest BCUT2D eigenvalue weighted by Gasteiger charge is -2.16. The van der Waals surface area contributed by atoms with E-state index in [2.05, 4.69) is 12.2 Å². The number of hydrogen-bond acceptors (Lipinski definition) is 4. The fourth-order valence-corrected chi connectivity index (χ4v) is 2.07. The van der Waals surface area contributed by atoms with Crippen molar-refractivity contribution >= 4 is 12.1 Å². The first-order chi connectivity index (χ1) is 10.7. The molecule has 0 radical (unpaired) electrons. The molecule has 1 atom stereocenters. The summed E-state index contributed by atoms with van der Waals surface area (Å²) in [6, 6.07) is 8.74. The highest BCUT2D eigenvalue weighted by atomic mass is 16.6. The molecule has 5 heteroatoms. The van der Waals surface area contributed by atoms with Crippen LogP contribution in [-0.2, 0) is 20.9 Å². The van der Waals surface area contributed by atoms with E-state index in [0.29, 0.717) is 6.42 Å². The molecule has 0 aliphatic carbocycles. The van der Waals surface area contributed by atoms with Gasteiger partial charge in [0.2, 0.25) is 0 Å². The molecule has 0 aliphatic rings. The Hall–Kier alpha value is -2.04. The van der Waals surface area contributed by atoms with E-state index in [-0.39, 0.29) is 6.61 Å². The summed E-state index contributed by atoms with van der Waals surface area (Å²) >= 11 is 0. The molecule has 0 bridgehead atoms. The van der Waals surface area contributed by atoms with Gasteiger partial charge in [0.15, 0.2) is 0 Å². The van der Waals surface area contributed by atoms with Crippen LogP contribution in [0, 0.1) is 0 Å². The Labute approximate surface area is 132 Å². The van der Waals surface area contributed by atoms with Gasteiger partial charge in [-0.15, -0.1) is 0 Å². The molecular formula is C17H25NO4. The van der Waals surface area contributed by atoms with E-state index in [0.717, 1.165) is 31.2 Å². The second-order valence-corrected chi connectivity index (χ2v) is 5.13. The zero-order valence-electron chi connectivity index (χ0n) is 13.3. The van der Waals surface area contributed by atoms with Crippen LogP contribution in [0.25, 0.3) is 0 Å². The van der Waals surface area contributed by atoms with Crippen LogP contribution in [0.3, 0.4) is 0 Å². The summed E-state index contributed by atoms with van der Waals surface area (Å²) in [5.74, 6) is -0.437. The molecule has 0 heterocycles. The van der Waals surface area contributed by atoms with Crippen molar-refractivity contribution in [1.82, 2.24) is 5.32 Å². The molecule has 0 unspecified atom stereocenters. The van der Waals surface area contributed by atoms with Crippen molar-refractivity contribution in [2.24, 2.45) is 0 Å². The van der Waals surface area contributed by atoms with E-state index in [1.54, 1.807) is 0 Å². The maximum absolute atomic E-state index is 11.8. The monoisotopic (exact) mass is 307 g/mol. The van der Waals surface area contributed by atoms with E-state index in [1.807, 2.05) is 30.3 Å². The SMILES string of the molecule is CCCCCC[C@H](NC(=O)OCc1ccccc1)C(=O)OC. The maximum atomic E-state index is 11.8. The third-order valence-corrected chi connectivity index (χ3v) is 3.34. The van der Waals surface area contributed by atoms with Gasteiger partial charge in [-0.2, -0.15) is 0 Å². The van der Waals surface area contributed by atoms with Gasteiger partial charge in [-0.1, -0.05) is 62.9 Å². The van der Waals surface area contributed by atoms with Crippen LogP contribution in [0.5, 0.6) is 0 Å². The Morgan fingerprint density at radius 2 is 1.86 bits per heavy atom. The topological polar surface area (TPSA) is 64.6 Å². The second kappa shape index (κ2) is 10.7. The Morgan fingerprint density at radius 3 is 2.50 bits per heavy atom. The summed E-state index contributed by atoms with van der Waals surface area (Å²) in [5, 5.41) is 2.58. The van der Waals surface area contributed by atoms with Gasteiger partial charge in [0.1, 0.15) is 12.6 Å². The van der Waals surface area contributed by atoms with Crippen molar-refractivity contribution < 1.29 is 19.1 Å². The molecular weight excluding hydrogens is 282 g/mol. The Morgan fingerprint density at radius 1 is 1.14 bits per heavy atom. The highest BCUT2D eigenvalue weighted by Gasteiger charge is 2.21. The van der Waals surface area contributed by atoms with Gasteiger partial charge < -0.3 is 14.8 Å². The third kappa shape index (κ3) is 7.11. The molecule has 22 heavy (non-hydrogen) atoms. The molecule has 0 fully saturated rings. The Balaban J connectivity index is 2.39. The lowest BCUT2D eigenvalue weighted by Crippen LogP contribution is -2.41. The van der Waals surface area contributed by atoms with Gasteiger partial charge in [-0.25, -0.2) is 9.59 Å². The first-order valence-corrected chi connectivity index (χ1v) is 7.72. The number of ether oxygens (including phenoxy) is 2. The fraction of sp³-hybridized carbons (Fsp3) is 0.529. The van der Waals surface area contributed by atoms with Crippen LogP contribution in [-0.4, -0.2) is 25.2 Å². The van der Waals surface area contributed by atoms with Crippen LogP contribution < -0.4 is 5.32 Å². The number of amides is 1. The second-order valence-electron chi connectivity index (χ2n) is 5.13. The normalized spacial score (nSPS) is 11.5. The fourth-order valence-electron chi connectivity index (χ4n) is 2.07. The van der Waals surface area contributed by atoms with Gasteiger partial charge in [0, 0.05) is 0 Å². The van der Waals surface area contributed by atoms with Crippen molar-refractivity contribution in [3.8, 4) is 0 Å². The summed E-state index contributed by atoms with van der Waals surface area (Å²) < 4.78 is 9.85. The molecule has 122 valence electrons. The third-order valence-electron chi connectivity index (χ3n) is 3.34. The number of rotatable bonds is 9. The van der Waals surface area contributed by atoms with E-state index in [9.17, 15) is 9.59 Å². The van der Waals surface area contributed by atoms with Crippen LogP contribution in [0.1, 0.15) is 44.6 Å². The summed E-state index contributed by atoms with van der Waals surface area (Å²) in [4.78, 5) is 23.5. The Bertz CT molecular complexity index is 447. The molecule has 1 N–H and O–H groups in total. The van der Waals surface area contributed by atoms with Gasteiger partial charge in [-0.05, 0) is 12.0 Å². The summed E-state index contributed by atoms with van der Waals surface area (Å²) in [6.45, 7) is 2.30. The molecule has 5 nitrogen and oxygen atoms in total. The number of carbonyl (C=O) groups excluding carboxylic acids is 2.